The van der Waals surface area contributed by atoms with E-state index in [2.05, 4.69) is 10.6 Å². The molecule has 0 heterocycles. The molecule has 2 rings (SSSR count). The minimum Gasteiger partial charge on any atom is -0.480 e. The van der Waals surface area contributed by atoms with Crippen LogP contribution in [0.3, 0.4) is 0 Å². The SMILES string of the molecule is C1CCCCC1.CC(C)N(CC(=O)NCc1ccc(C(=N)N)cc1)C(=O)CNCC(=O)O. The number of nitrogen functional groups attached to an aromatic ring is 1. The number of carboxylic acids is 1. The molecule has 0 atom stereocenters. The van der Waals surface area contributed by atoms with Gasteiger partial charge in [-0.1, -0.05) is 62.8 Å². The summed E-state index contributed by atoms with van der Waals surface area (Å²) in [6.45, 7) is 3.27. The zero-order valence-electron chi connectivity index (χ0n) is 19.2. The largest absolute Gasteiger partial charge is 0.480 e. The van der Waals surface area contributed by atoms with Crippen molar-refractivity contribution in [1.29, 1.82) is 5.41 Å². The highest BCUT2D eigenvalue weighted by atomic mass is 16.4. The number of nitrogens with zero attached hydrogens (tertiary/aromatic N) is 1. The quantitative estimate of drug-likeness (QED) is 0.273. The number of carboxylic acid groups (broad SMARTS) is 1. The molecule has 0 unspecified atom stereocenters. The van der Waals surface area contributed by atoms with Gasteiger partial charge in [-0.05, 0) is 19.4 Å². The number of nitrogens with two attached hydrogens (primary N) is 1. The zero-order chi connectivity index (χ0) is 23.9. The molecule has 0 saturated heterocycles. The number of amides is 2. The summed E-state index contributed by atoms with van der Waals surface area (Å²) in [5, 5.41) is 21.2. The third-order valence-corrected chi connectivity index (χ3v) is 5.06. The van der Waals surface area contributed by atoms with Crippen LogP contribution in [0, 0.1) is 5.41 Å². The Morgan fingerprint density at radius 1 is 1.03 bits per heavy atom. The van der Waals surface area contributed by atoms with Gasteiger partial charge in [-0.3, -0.25) is 25.1 Å². The Morgan fingerprint density at radius 2 is 1.56 bits per heavy atom. The lowest BCUT2D eigenvalue weighted by Crippen LogP contribution is -2.47. The molecular formula is C23H37N5O4. The second-order valence-corrected chi connectivity index (χ2v) is 8.12. The number of hydrogen-bond acceptors (Lipinski definition) is 5. The molecule has 2 amide bonds. The highest BCUT2D eigenvalue weighted by molar-refractivity contribution is 5.94. The summed E-state index contributed by atoms with van der Waals surface area (Å²) in [6.07, 6.45) is 9.00. The molecule has 9 nitrogen and oxygen atoms in total. The first-order valence-corrected chi connectivity index (χ1v) is 11.1. The van der Waals surface area contributed by atoms with Crippen LogP contribution in [-0.2, 0) is 20.9 Å². The number of aliphatic carboxylic acids is 1. The molecule has 0 spiro atoms. The first kappa shape index (κ1) is 27.1. The minimum absolute atomic E-state index is 0.0248. The Labute approximate surface area is 190 Å². The van der Waals surface area contributed by atoms with Gasteiger partial charge in [0.25, 0.3) is 0 Å². The summed E-state index contributed by atoms with van der Waals surface area (Å²) in [6, 6.07) is 6.72. The van der Waals surface area contributed by atoms with E-state index in [4.69, 9.17) is 16.2 Å². The maximum atomic E-state index is 12.1. The normalized spacial score (nSPS) is 13.0. The number of benzene rings is 1. The van der Waals surface area contributed by atoms with Crippen molar-refractivity contribution < 1.29 is 19.5 Å². The van der Waals surface area contributed by atoms with Crippen LogP contribution in [0.15, 0.2) is 24.3 Å². The van der Waals surface area contributed by atoms with E-state index in [1.165, 1.54) is 43.4 Å². The van der Waals surface area contributed by atoms with Crippen LogP contribution in [0.1, 0.15) is 63.5 Å². The Morgan fingerprint density at radius 3 is 2.00 bits per heavy atom. The van der Waals surface area contributed by atoms with Crippen molar-refractivity contribution in [2.45, 2.75) is 65.0 Å². The van der Waals surface area contributed by atoms with Gasteiger partial charge in [0.05, 0.1) is 19.6 Å². The standard InChI is InChI=1S/C17H25N5O4.C6H12/c1-11(2)22(15(24)8-20-9-16(25)26)10-14(23)21-7-12-3-5-13(6-4-12)17(18)19;1-2-4-6-5-3-1/h3-6,11,20H,7-10H2,1-2H3,(H3,18,19)(H,21,23)(H,25,26);1-6H2. The lowest BCUT2D eigenvalue weighted by Gasteiger charge is -2.26. The molecule has 6 N–H and O–H groups in total. The van der Waals surface area contributed by atoms with Crippen LogP contribution in [0.5, 0.6) is 0 Å². The zero-order valence-corrected chi connectivity index (χ0v) is 19.2. The third kappa shape index (κ3) is 11.5. The predicted molar refractivity (Wildman–Crippen MR) is 124 cm³/mol. The molecular weight excluding hydrogens is 410 g/mol. The number of carbonyl (C=O) groups excluding carboxylic acids is 2. The molecule has 1 aromatic rings. The Hall–Kier alpha value is -2.94. The van der Waals surface area contributed by atoms with Crippen LogP contribution >= 0.6 is 0 Å². The minimum atomic E-state index is -1.05. The van der Waals surface area contributed by atoms with Gasteiger partial charge in [-0.2, -0.15) is 0 Å². The molecule has 1 aliphatic rings. The molecule has 32 heavy (non-hydrogen) atoms. The number of rotatable bonds is 10. The lowest BCUT2D eigenvalue weighted by atomic mass is 10.0. The summed E-state index contributed by atoms with van der Waals surface area (Å²) in [5.74, 6) is -1.74. The second kappa shape index (κ2) is 15.0. The van der Waals surface area contributed by atoms with Gasteiger partial charge in [-0.15, -0.1) is 0 Å². The fourth-order valence-electron chi connectivity index (χ4n) is 3.21. The van der Waals surface area contributed by atoms with E-state index in [0.717, 1.165) is 5.56 Å². The molecule has 1 aliphatic carbocycles. The van der Waals surface area contributed by atoms with Crippen molar-refractivity contribution in [2.75, 3.05) is 19.6 Å². The van der Waals surface area contributed by atoms with Gasteiger partial charge in [0.2, 0.25) is 11.8 Å². The summed E-state index contributed by atoms with van der Waals surface area (Å²) in [5.41, 5.74) is 6.83. The second-order valence-electron chi connectivity index (χ2n) is 8.12. The summed E-state index contributed by atoms with van der Waals surface area (Å²) < 4.78 is 0. The smallest absolute Gasteiger partial charge is 0.317 e. The first-order chi connectivity index (χ1) is 15.2. The Balaban J connectivity index is 0.000000730. The monoisotopic (exact) mass is 447 g/mol. The average molecular weight is 448 g/mol. The predicted octanol–water partition coefficient (Wildman–Crippen LogP) is 1.84. The summed E-state index contributed by atoms with van der Waals surface area (Å²) in [7, 11) is 0. The highest BCUT2D eigenvalue weighted by Gasteiger charge is 2.19. The van der Waals surface area contributed by atoms with Crippen LogP contribution in [0.2, 0.25) is 0 Å². The van der Waals surface area contributed by atoms with Gasteiger partial charge in [0.1, 0.15) is 5.84 Å². The van der Waals surface area contributed by atoms with Crippen molar-refractivity contribution in [2.24, 2.45) is 5.73 Å². The number of nitrogens with one attached hydrogen (secondary N) is 3. The summed E-state index contributed by atoms with van der Waals surface area (Å²) in [4.78, 5) is 36.1. The molecule has 9 heteroatoms. The van der Waals surface area contributed by atoms with Gasteiger partial charge in [-0.25, -0.2) is 0 Å². The number of amidine groups is 1. The fourth-order valence-corrected chi connectivity index (χ4v) is 3.21. The van der Waals surface area contributed by atoms with E-state index in [-0.39, 0.29) is 49.9 Å². The fraction of sp³-hybridized carbons (Fsp3) is 0.565. The van der Waals surface area contributed by atoms with Crippen LogP contribution in [0.25, 0.3) is 0 Å². The van der Waals surface area contributed by atoms with Crippen LogP contribution < -0.4 is 16.4 Å². The number of hydrogen-bond donors (Lipinski definition) is 5. The van der Waals surface area contributed by atoms with Gasteiger partial charge < -0.3 is 21.1 Å². The topological polar surface area (TPSA) is 149 Å². The van der Waals surface area contributed by atoms with Crippen molar-refractivity contribution >= 4 is 23.6 Å². The molecule has 178 valence electrons. The van der Waals surface area contributed by atoms with Crippen LogP contribution in [-0.4, -0.2) is 59.3 Å². The van der Waals surface area contributed by atoms with E-state index in [0.29, 0.717) is 5.56 Å². The van der Waals surface area contributed by atoms with E-state index in [9.17, 15) is 14.4 Å². The first-order valence-electron chi connectivity index (χ1n) is 11.1. The maximum Gasteiger partial charge on any atom is 0.317 e. The average Bonchev–Trinajstić information content (AvgIpc) is 2.77. The van der Waals surface area contributed by atoms with E-state index in [1.54, 1.807) is 38.1 Å². The van der Waals surface area contributed by atoms with E-state index < -0.39 is 5.97 Å². The van der Waals surface area contributed by atoms with Crippen molar-refractivity contribution in [3.05, 3.63) is 35.4 Å². The van der Waals surface area contributed by atoms with E-state index >= 15 is 0 Å². The third-order valence-electron chi connectivity index (χ3n) is 5.06. The molecule has 1 fully saturated rings. The summed E-state index contributed by atoms with van der Waals surface area (Å²) >= 11 is 0. The van der Waals surface area contributed by atoms with Crippen LogP contribution in [0.4, 0.5) is 0 Å². The van der Waals surface area contributed by atoms with Crippen molar-refractivity contribution in [3.8, 4) is 0 Å². The van der Waals surface area contributed by atoms with Crippen molar-refractivity contribution in [1.82, 2.24) is 15.5 Å². The molecule has 0 aromatic heterocycles. The lowest BCUT2D eigenvalue weighted by molar-refractivity contribution is -0.138. The van der Waals surface area contributed by atoms with Gasteiger partial charge in [0, 0.05) is 18.2 Å². The maximum absolute atomic E-state index is 12.1. The highest BCUT2D eigenvalue weighted by Crippen LogP contribution is 2.15. The molecule has 0 radical (unpaired) electrons. The Kier molecular flexibility index (Phi) is 12.7. The van der Waals surface area contributed by atoms with E-state index in [1.807, 2.05) is 0 Å². The molecule has 1 saturated carbocycles. The molecule has 1 aromatic carbocycles. The number of carbonyl (C=O) groups is 3. The Bertz CT molecular complexity index is 734. The van der Waals surface area contributed by atoms with Gasteiger partial charge >= 0.3 is 5.97 Å². The molecule has 0 bridgehead atoms. The van der Waals surface area contributed by atoms with Gasteiger partial charge in [0.15, 0.2) is 0 Å². The van der Waals surface area contributed by atoms with Crippen molar-refractivity contribution in [3.63, 3.8) is 0 Å². The molecule has 0 aliphatic heterocycles.